The Balaban J connectivity index is 1.75. The summed E-state index contributed by atoms with van der Waals surface area (Å²) in [4.78, 5) is 6.58. The van der Waals surface area contributed by atoms with Gasteiger partial charge in [-0.05, 0) is 50.8 Å². The highest BCUT2D eigenvalue weighted by molar-refractivity contribution is 7.12. The smallest absolute Gasteiger partial charge is 0.0967 e. The molecule has 2 aromatic rings. The van der Waals surface area contributed by atoms with Gasteiger partial charge in [0.05, 0.1) is 10.7 Å². The molecule has 1 aliphatic heterocycles. The normalized spacial score (nSPS) is 19.2. The van der Waals surface area contributed by atoms with Gasteiger partial charge in [0, 0.05) is 16.4 Å². The molecule has 0 unspecified atom stereocenters. The van der Waals surface area contributed by atoms with Crippen molar-refractivity contribution in [1.82, 2.24) is 10.3 Å². The van der Waals surface area contributed by atoms with Crippen LogP contribution in [0, 0.1) is 0 Å². The Bertz CT molecular complexity index is 611. The minimum absolute atomic E-state index is 0.681. The van der Waals surface area contributed by atoms with Crippen molar-refractivity contribution < 1.29 is 0 Å². The molecule has 4 rings (SSSR count). The summed E-state index contributed by atoms with van der Waals surface area (Å²) in [6, 6.07) is 8.83. The van der Waals surface area contributed by atoms with E-state index in [1.165, 1.54) is 58.8 Å². The quantitative estimate of drug-likeness (QED) is 0.862. The number of fused-ring (bicyclic) bond motifs is 3. The van der Waals surface area contributed by atoms with Gasteiger partial charge in [-0.15, -0.1) is 11.3 Å². The molecule has 104 valence electrons. The number of nitrogens with one attached hydrogen (secondary N) is 1. The molecule has 2 aliphatic rings. The van der Waals surface area contributed by atoms with Crippen molar-refractivity contribution in [1.29, 1.82) is 0 Å². The lowest BCUT2D eigenvalue weighted by atomic mass is 9.99. The van der Waals surface area contributed by atoms with Gasteiger partial charge in [0.25, 0.3) is 0 Å². The number of piperidine rings is 1. The van der Waals surface area contributed by atoms with E-state index in [0.29, 0.717) is 5.92 Å². The maximum Gasteiger partial charge on any atom is 0.0967 e. The molecule has 0 atom stereocenters. The molecule has 1 fully saturated rings. The average Bonchev–Trinajstić information content (AvgIpc) is 2.85. The van der Waals surface area contributed by atoms with E-state index in [1.54, 1.807) is 0 Å². The molecule has 1 aromatic carbocycles. The van der Waals surface area contributed by atoms with Crippen LogP contribution in [0.5, 0.6) is 0 Å². The number of hydrogen-bond acceptors (Lipinski definition) is 3. The van der Waals surface area contributed by atoms with Crippen LogP contribution in [0.15, 0.2) is 24.3 Å². The minimum Gasteiger partial charge on any atom is -0.317 e. The lowest BCUT2D eigenvalue weighted by Crippen LogP contribution is -2.26. The summed E-state index contributed by atoms with van der Waals surface area (Å²) in [5, 5.41) is 4.83. The predicted molar refractivity (Wildman–Crippen MR) is 84.4 cm³/mol. The molecule has 20 heavy (non-hydrogen) atoms. The Morgan fingerprint density at radius 1 is 1.10 bits per heavy atom. The highest BCUT2D eigenvalue weighted by Crippen LogP contribution is 2.39. The fraction of sp³-hybridized carbons (Fsp3) is 0.471. The van der Waals surface area contributed by atoms with Crippen molar-refractivity contribution in [3.63, 3.8) is 0 Å². The first-order valence-corrected chi connectivity index (χ1v) is 8.52. The third-order valence-electron chi connectivity index (χ3n) is 4.52. The van der Waals surface area contributed by atoms with Gasteiger partial charge in [-0.3, -0.25) is 0 Å². The summed E-state index contributed by atoms with van der Waals surface area (Å²) in [5.74, 6) is 0.681. The molecule has 0 saturated carbocycles. The van der Waals surface area contributed by atoms with Crippen LogP contribution < -0.4 is 5.32 Å². The topological polar surface area (TPSA) is 24.9 Å². The maximum atomic E-state index is 5.07. The van der Waals surface area contributed by atoms with E-state index in [9.17, 15) is 0 Å². The molecule has 3 heteroatoms. The summed E-state index contributed by atoms with van der Waals surface area (Å²) in [6.45, 7) is 2.29. The Labute approximate surface area is 124 Å². The molecule has 1 aliphatic carbocycles. The predicted octanol–water partition coefficient (Wildman–Crippen LogP) is 3.77. The molecule has 0 radical (unpaired) electrons. The lowest BCUT2D eigenvalue weighted by Gasteiger charge is -2.20. The number of hydrogen-bond donors (Lipinski definition) is 1. The average molecular weight is 284 g/mol. The second-order valence-electron chi connectivity index (χ2n) is 5.86. The van der Waals surface area contributed by atoms with Crippen LogP contribution in [0.1, 0.15) is 40.6 Å². The van der Waals surface area contributed by atoms with E-state index in [0.717, 1.165) is 13.1 Å². The Morgan fingerprint density at radius 2 is 1.95 bits per heavy atom. The standard InChI is InChI=1S/C17H20N2S/c1-2-6-14-12(4-1)5-3-7-15-16(14)19-17(20-15)13-8-10-18-11-9-13/h1-2,4,6,13,18H,3,5,7-11H2. The fourth-order valence-electron chi connectivity index (χ4n) is 3.40. The summed E-state index contributed by atoms with van der Waals surface area (Å²) in [6.07, 6.45) is 6.15. The molecular weight excluding hydrogens is 264 g/mol. The van der Waals surface area contributed by atoms with Gasteiger partial charge in [0.15, 0.2) is 0 Å². The van der Waals surface area contributed by atoms with E-state index in [-0.39, 0.29) is 0 Å². The van der Waals surface area contributed by atoms with Gasteiger partial charge in [-0.25, -0.2) is 4.98 Å². The number of benzene rings is 1. The second-order valence-corrected chi connectivity index (χ2v) is 6.97. The summed E-state index contributed by atoms with van der Waals surface area (Å²) in [7, 11) is 0. The highest BCUT2D eigenvalue weighted by Gasteiger charge is 2.23. The first kappa shape index (κ1) is 12.5. The van der Waals surface area contributed by atoms with Gasteiger partial charge >= 0.3 is 0 Å². The Morgan fingerprint density at radius 3 is 2.85 bits per heavy atom. The summed E-state index contributed by atoms with van der Waals surface area (Å²) < 4.78 is 0. The monoisotopic (exact) mass is 284 g/mol. The van der Waals surface area contributed by atoms with Crippen molar-refractivity contribution in [3.8, 4) is 11.3 Å². The van der Waals surface area contributed by atoms with Crippen LogP contribution in [0.25, 0.3) is 11.3 Å². The van der Waals surface area contributed by atoms with Crippen molar-refractivity contribution in [3.05, 3.63) is 39.7 Å². The number of rotatable bonds is 1. The zero-order valence-corrected chi connectivity index (χ0v) is 12.5. The number of aryl methyl sites for hydroxylation is 2. The Kier molecular flexibility index (Phi) is 3.32. The molecule has 1 aromatic heterocycles. The van der Waals surface area contributed by atoms with Crippen LogP contribution in [0.3, 0.4) is 0 Å². The van der Waals surface area contributed by atoms with Crippen LogP contribution in [-0.2, 0) is 12.8 Å². The summed E-state index contributed by atoms with van der Waals surface area (Å²) >= 11 is 1.98. The molecule has 2 heterocycles. The van der Waals surface area contributed by atoms with Crippen molar-refractivity contribution in [2.75, 3.05) is 13.1 Å². The molecule has 0 bridgehead atoms. The minimum atomic E-state index is 0.681. The zero-order chi connectivity index (χ0) is 13.4. The van der Waals surface area contributed by atoms with Crippen molar-refractivity contribution in [2.45, 2.75) is 38.0 Å². The molecular formula is C17H20N2S. The van der Waals surface area contributed by atoms with Crippen LogP contribution in [-0.4, -0.2) is 18.1 Å². The SMILES string of the molecule is c1ccc2c(c1)CCCc1sc(C3CCNCC3)nc1-2. The van der Waals surface area contributed by atoms with E-state index in [1.807, 2.05) is 11.3 Å². The maximum absolute atomic E-state index is 5.07. The fourth-order valence-corrected chi connectivity index (χ4v) is 4.69. The van der Waals surface area contributed by atoms with Crippen molar-refractivity contribution in [2.24, 2.45) is 0 Å². The third kappa shape index (κ3) is 2.19. The molecule has 1 saturated heterocycles. The first-order valence-electron chi connectivity index (χ1n) is 7.70. The van der Waals surface area contributed by atoms with Gasteiger partial charge in [-0.1, -0.05) is 24.3 Å². The summed E-state index contributed by atoms with van der Waals surface area (Å²) in [5.41, 5.74) is 4.15. The second kappa shape index (κ2) is 5.30. The van der Waals surface area contributed by atoms with Gasteiger partial charge in [0.2, 0.25) is 0 Å². The lowest BCUT2D eigenvalue weighted by molar-refractivity contribution is 0.459. The number of thiazole rings is 1. The zero-order valence-electron chi connectivity index (χ0n) is 11.7. The molecule has 2 nitrogen and oxygen atoms in total. The van der Waals surface area contributed by atoms with E-state index < -0.39 is 0 Å². The third-order valence-corrected chi connectivity index (χ3v) is 5.80. The number of nitrogens with zero attached hydrogens (tertiary/aromatic N) is 1. The van der Waals surface area contributed by atoms with Crippen LogP contribution >= 0.6 is 11.3 Å². The van der Waals surface area contributed by atoms with Gasteiger partial charge in [0.1, 0.15) is 0 Å². The largest absolute Gasteiger partial charge is 0.317 e. The van der Waals surface area contributed by atoms with E-state index >= 15 is 0 Å². The van der Waals surface area contributed by atoms with Gasteiger partial charge in [-0.2, -0.15) is 0 Å². The Hall–Kier alpha value is -1.19. The number of aromatic nitrogens is 1. The molecule has 0 amide bonds. The van der Waals surface area contributed by atoms with E-state index in [4.69, 9.17) is 4.98 Å². The molecule has 1 N–H and O–H groups in total. The van der Waals surface area contributed by atoms with E-state index in [2.05, 4.69) is 29.6 Å². The van der Waals surface area contributed by atoms with Crippen LogP contribution in [0.2, 0.25) is 0 Å². The molecule has 0 spiro atoms. The highest BCUT2D eigenvalue weighted by atomic mass is 32.1. The van der Waals surface area contributed by atoms with Crippen LogP contribution in [0.4, 0.5) is 0 Å². The van der Waals surface area contributed by atoms with Crippen molar-refractivity contribution >= 4 is 11.3 Å². The van der Waals surface area contributed by atoms with Gasteiger partial charge < -0.3 is 5.32 Å². The first-order chi connectivity index (χ1) is 9.92.